The number of hydrogen-bond donors (Lipinski definition) is 1. The second kappa shape index (κ2) is 10.3. The van der Waals surface area contributed by atoms with Crippen LogP contribution in [0.1, 0.15) is 24.5 Å². The number of hydrogen-bond acceptors (Lipinski definition) is 3. The summed E-state index contributed by atoms with van der Waals surface area (Å²) < 4.78 is 18.9. The highest BCUT2D eigenvalue weighted by Gasteiger charge is 2.14. The Morgan fingerprint density at radius 3 is 2.41 bits per heavy atom. The van der Waals surface area contributed by atoms with Gasteiger partial charge in [-0.1, -0.05) is 36.4 Å². The van der Waals surface area contributed by atoms with Crippen LogP contribution in [0.4, 0.5) is 4.39 Å². The van der Waals surface area contributed by atoms with Crippen LogP contribution in [0.2, 0.25) is 0 Å². The molecule has 0 radical (unpaired) electrons. The number of carbonyl (C=O) groups is 2. The van der Waals surface area contributed by atoms with Crippen molar-refractivity contribution < 1.29 is 18.7 Å². The van der Waals surface area contributed by atoms with Crippen molar-refractivity contribution in [2.45, 2.75) is 26.3 Å². The molecule has 0 bridgehead atoms. The Labute approximate surface area is 159 Å². The van der Waals surface area contributed by atoms with E-state index in [9.17, 15) is 14.0 Å². The number of ether oxygens (including phenoxy) is 1. The van der Waals surface area contributed by atoms with Crippen LogP contribution in [-0.2, 0) is 22.6 Å². The van der Waals surface area contributed by atoms with E-state index >= 15 is 0 Å². The van der Waals surface area contributed by atoms with Gasteiger partial charge in [-0.2, -0.15) is 0 Å². The fourth-order valence-electron chi connectivity index (χ4n) is 2.75. The van der Waals surface area contributed by atoms with Crippen molar-refractivity contribution in [1.82, 2.24) is 10.2 Å². The number of nitrogens with one attached hydrogen (secondary N) is 1. The van der Waals surface area contributed by atoms with E-state index in [1.54, 1.807) is 30.2 Å². The zero-order valence-electron chi connectivity index (χ0n) is 15.7. The minimum Gasteiger partial charge on any atom is -0.496 e. The second-order valence-corrected chi connectivity index (χ2v) is 6.19. The predicted octanol–water partition coefficient (Wildman–Crippen LogP) is 2.93. The number of nitrogens with zero attached hydrogens (tertiary/aromatic N) is 1. The number of amides is 2. The number of para-hydroxylation sites is 1. The summed E-state index contributed by atoms with van der Waals surface area (Å²) in [6.07, 6.45) is 0.613. The van der Waals surface area contributed by atoms with Gasteiger partial charge in [0.05, 0.1) is 7.11 Å². The summed E-state index contributed by atoms with van der Waals surface area (Å²) in [7, 11) is 1.58. The van der Waals surface area contributed by atoms with Gasteiger partial charge in [-0.15, -0.1) is 0 Å². The van der Waals surface area contributed by atoms with Crippen molar-refractivity contribution in [2.75, 3.05) is 20.2 Å². The minimum absolute atomic E-state index is 0.111. The molecule has 0 saturated carbocycles. The van der Waals surface area contributed by atoms with Gasteiger partial charge in [0.1, 0.15) is 11.6 Å². The van der Waals surface area contributed by atoms with E-state index in [1.807, 2.05) is 24.3 Å². The third-order valence-corrected chi connectivity index (χ3v) is 4.28. The molecule has 0 heterocycles. The van der Waals surface area contributed by atoms with Crippen molar-refractivity contribution in [1.29, 1.82) is 0 Å². The number of methoxy groups -OCH3 is 1. The summed E-state index contributed by atoms with van der Waals surface area (Å²) in [5.41, 5.74) is 1.45. The molecule has 2 aromatic carbocycles. The summed E-state index contributed by atoms with van der Waals surface area (Å²) in [6, 6.07) is 14.0. The first-order chi connectivity index (χ1) is 13.0. The average molecular weight is 372 g/mol. The fraction of sp³-hybridized carbons (Fsp3) is 0.333. The van der Waals surface area contributed by atoms with Gasteiger partial charge >= 0.3 is 0 Å². The van der Waals surface area contributed by atoms with E-state index in [4.69, 9.17) is 4.74 Å². The van der Waals surface area contributed by atoms with Gasteiger partial charge in [0.15, 0.2) is 0 Å². The normalized spacial score (nSPS) is 10.3. The molecule has 0 aliphatic heterocycles. The highest BCUT2D eigenvalue weighted by atomic mass is 19.1. The third-order valence-electron chi connectivity index (χ3n) is 4.28. The lowest BCUT2D eigenvalue weighted by atomic mass is 10.1. The van der Waals surface area contributed by atoms with Gasteiger partial charge in [0.2, 0.25) is 11.8 Å². The molecule has 0 unspecified atom stereocenters. The quantitative estimate of drug-likeness (QED) is 0.736. The fourth-order valence-corrected chi connectivity index (χ4v) is 2.75. The summed E-state index contributed by atoms with van der Waals surface area (Å²) >= 11 is 0. The molecule has 0 aliphatic carbocycles. The van der Waals surface area contributed by atoms with Gasteiger partial charge in [0, 0.05) is 38.5 Å². The van der Waals surface area contributed by atoms with E-state index in [2.05, 4.69) is 5.32 Å². The minimum atomic E-state index is -0.272. The number of halogens is 1. The number of benzene rings is 2. The molecule has 2 aromatic rings. The van der Waals surface area contributed by atoms with Gasteiger partial charge in [-0.3, -0.25) is 9.59 Å². The molecule has 0 aliphatic rings. The van der Waals surface area contributed by atoms with Crippen LogP contribution < -0.4 is 10.1 Å². The molecule has 1 N–H and O–H groups in total. The molecule has 144 valence electrons. The van der Waals surface area contributed by atoms with Gasteiger partial charge in [-0.05, 0) is 24.1 Å². The molecule has 0 atom stereocenters. The van der Waals surface area contributed by atoms with E-state index in [-0.39, 0.29) is 24.1 Å². The van der Waals surface area contributed by atoms with E-state index < -0.39 is 0 Å². The molecule has 0 aromatic heterocycles. The van der Waals surface area contributed by atoms with E-state index in [0.717, 1.165) is 5.56 Å². The second-order valence-electron chi connectivity index (χ2n) is 6.19. The molecule has 2 rings (SSSR count). The molecule has 0 saturated heterocycles. The first-order valence-electron chi connectivity index (χ1n) is 8.88. The lowest BCUT2D eigenvalue weighted by Crippen LogP contribution is -2.34. The van der Waals surface area contributed by atoms with Crippen LogP contribution in [0, 0.1) is 5.82 Å². The maximum absolute atomic E-state index is 13.6. The zero-order chi connectivity index (χ0) is 19.6. The Morgan fingerprint density at radius 1 is 1.07 bits per heavy atom. The lowest BCUT2D eigenvalue weighted by molar-refractivity contribution is -0.130. The standard InChI is InChI=1S/C21H25FN2O3/c1-16(25)24(15-18-8-4-6-10-20(18)27-2)14-12-21(26)23-13-11-17-7-3-5-9-19(17)22/h3-10H,11-15H2,1-2H3,(H,23,26). The topological polar surface area (TPSA) is 58.6 Å². The Bertz CT molecular complexity index is 780. The summed E-state index contributed by atoms with van der Waals surface area (Å²) in [5, 5.41) is 2.77. The number of carbonyl (C=O) groups excluding carboxylic acids is 2. The predicted molar refractivity (Wildman–Crippen MR) is 102 cm³/mol. The highest BCUT2D eigenvalue weighted by Crippen LogP contribution is 2.19. The van der Waals surface area contributed by atoms with Gasteiger partial charge < -0.3 is 15.0 Å². The van der Waals surface area contributed by atoms with Crippen molar-refractivity contribution in [3.05, 3.63) is 65.5 Å². The summed E-state index contributed by atoms with van der Waals surface area (Å²) in [6.45, 7) is 2.51. The van der Waals surface area contributed by atoms with Crippen molar-refractivity contribution in [3.8, 4) is 5.75 Å². The molecule has 0 spiro atoms. The van der Waals surface area contributed by atoms with Crippen LogP contribution >= 0.6 is 0 Å². The monoisotopic (exact) mass is 372 g/mol. The SMILES string of the molecule is COc1ccccc1CN(CCC(=O)NCCc1ccccc1F)C(C)=O. The maximum Gasteiger partial charge on any atom is 0.221 e. The smallest absolute Gasteiger partial charge is 0.221 e. The van der Waals surface area contributed by atoms with Crippen molar-refractivity contribution in [2.24, 2.45) is 0 Å². The van der Waals surface area contributed by atoms with Crippen LogP contribution in [0.3, 0.4) is 0 Å². The molecular formula is C21H25FN2O3. The van der Waals surface area contributed by atoms with E-state index in [0.29, 0.717) is 37.4 Å². The van der Waals surface area contributed by atoms with Crippen molar-refractivity contribution in [3.63, 3.8) is 0 Å². The lowest BCUT2D eigenvalue weighted by Gasteiger charge is -2.22. The number of rotatable bonds is 9. The Morgan fingerprint density at radius 2 is 1.74 bits per heavy atom. The Balaban J connectivity index is 1.82. The Hall–Kier alpha value is -2.89. The van der Waals surface area contributed by atoms with Gasteiger partial charge in [-0.25, -0.2) is 4.39 Å². The maximum atomic E-state index is 13.6. The molecule has 0 fully saturated rings. The molecular weight excluding hydrogens is 347 g/mol. The van der Waals surface area contributed by atoms with Crippen LogP contribution in [0.25, 0.3) is 0 Å². The first-order valence-corrected chi connectivity index (χ1v) is 8.88. The molecule has 2 amide bonds. The first kappa shape index (κ1) is 20.4. The summed E-state index contributed by atoms with van der Waals surface area (Å²) in [5.74, 6) is 0.155. The molecule has 27 heavy (non-hydrogen) atoms. The van der Waals surface area contributed by atoms with Crippen LogP contribution in [0.15, 0.2) is 48.5 Å². The van der Waals surface area contributed by atoms with Crippen molar-refractivity contribution >= 4 is 11.8 Å². The summed E-state index contributed by atoms with van der Waals surface area (Å²) in [4.78, 5) is 25.6. The Kier molecular flexibility index (Phi) is 7.79. The third kappa shape index (κ3) is 6.40. The van der Waals surface area contributed by atoms with Crippen LogP contribution in [0.5, 0.6) is 5.75 Å². The van der Waals surface area contributed by atoms with E-state index in [1.165, 1.54) is 13.0 Å². The largest absolute Gasteiger partial charge is 0.496 e. The molecule has 6 heteroatoms. The average Bonchev–Trinajstić information content (AvgIpc) is 2.66. The van der Waals surface area contributed by atoms with Gasteiger partial charge in [0.25, 0.3) is 0 Å². The van der Waals surface area contributed by atoms with Crippen LogP contribution in [-0.4, -0.2) is 36.9 Å². The molecule has 5 nitrogen and oxygen atoms in total. The highest BCUT2D eigenvalue weighted by molar-refractivity contribution is 5.78. The zero-order valence-corrected chi connectivity index (χ0v) is 15.7.